The summed E-state index contributed by atoms with van der Waals surface area (Å²) in [6.07, 6.45) is -23.6. The lowest BCUT2D eigenvalue weighted by atomic mass is 9.95. The highest BCUT2D eigenvalue weighted by atomic mass is 16.8. The number of aliphatic hydroxyl groups excluding tert-OH is 10. The summed E-state index contributed by atoms with van der Waals surface area (Å²) in [6.45, 7) is -1.22. The molecule has 3 saturated heterocycles. The van der Waals surface area contributed by atoms with E-state index in [4.69, 9.17) is 23.7 Å². The molecule has 3 aliphatic heterocycles. The molecule has 15 atom stereocenters. The van der Waals surface area contributed by atoms with Gasteiger partial charge < -0.3 is 80.1 Å². The Morgan fingerprint density at radius 1 is 0.649 bits per heavy atom. The number of amides is 1. The quantitative estimate of drug-likeness (QED) is 0.135. The van der Waals surface area contributed by atoms with Gasteiger partial charge in [0.1, 0.15) is 73.2 Å². The Balaban J connectivity index is 1.88. The minimum absolute atomic E-state index is 0.664. The first-order chi connectivity index (χ1) is 17.4. The monoisotopic (exact) mass is 545 g/mol. The zero-order chi connectivity index (χ0) is 27.6. The summed E-state index contributed by atoms with van der Waals surface area (Å²) in [6, 6.07) is -1.45. The molecule has 0 radical (unpaired) electrons. The molecule has 0 aromatic rings. The molecule has 15 unspecified atom stereocenters. The fraction of sp³-hybridized carbons (Fsp3) is 0.950. The van der Waals surface area contributed by atoms with Gasteiger partial charge >= 0.3 is 0 Å². The summed E-state index contributed by atoms with van der Waals surface area (Å²) in [7, 11) is 0. The Kier molecular flexibility index (Phi) is 10.5. The van der Waals surface area contributed by atoms with Gasteiger partial charge in [0.05, 0.1) is 19.8 Å². The van der Waals surface area contributed by atoms with Crippen molar-refractivity contribution in [3.8, 4) is 0 Å². The molecule has 3 aliphatic rings. The van der Waals surface area contributed by atoms with Crippen LogP contribution in [0.2, 0.25) is 0 Å². The molecule has 37 heavy (non-hydrogen) atoms. The first kappa shape index (κ1) is 30.4. The summed E-state index contributed by atoms with van der Waals surface area (Å²) < 4.78 is 27.2. The lowest BCUT2D eigenvalue weighted by molar-refractivity contribution is -0.385. The standard InChI is InChI=1S/C20H35NO16/c1-5(25)21-9-13(29)10(26)7(3-23)34-19(9)37-17-15(31)12(28)8(4-24)35-20(17)36-16-14(30)11(27)6(2-22)33-18(16)32/h6-20,22-24,26-32H,2-4H2,1H3,(H,21,25). The molecule has 0 spiro atoms. The molecule has 17 nitrogen and oxygen atoms in total. The lowest BCUT2D eigenvalue weighted by Crippen LogP contribution is -2.68. The Morgan fingerprint density at radius 3 is 1.59 bits per heavy atom. The van der Waals surface area contributed by atoms with E-state index in [0.717, 1.165) is 6.92 Å². The average Bonchev–Trinajstić information content (AvgIpc) is 2.86. The van der Waals surface area contributed by atoms with Crippen molar-refractivity contribution < 1.29 is 79.5 Å². The SMILES string of the molecule is CC(=O)NC1C(OC2C(OC3C(O)OC(CO)C(O)C3O)OC(CO)C(O)C2O)OC(CO)C(O)C1O. The molecule has 0 saturated carbocycles. The normalized spacial score (nSPS) is 49.0. The third-order valence-corrected chi connectivity index (χ3v) is 6.50. The van der Waals surface area contributed by atoms with Crippen molar-refractivity contribution >= 4 is 5.91 Å². The number of rotatable bonds is 8. The van der Waals surface area contributed by atoms with Gasteiger partial charge in [-0.15, -0.1) is 0 Å². The number of carbonyl (C=O) groups is 1. The number of aliphatic hydroxyl groups is 10. The first-order valence-electron chi connectivity index (χ1n) is 11.6. The molecule has 11 N–H and O–H groups in total. The molecule has 0 aromatic carbocycles. The van der Waals surface area contributed by atoms with E-state index in [1.807, 2.05) is 0 Å². The number of hydrogen-bond acceptors (Lipinski definition) is 16. The van der Waals surface area contributed by atoms with Crippen molar-refractivity contribution in [3.63, 3.8) is 0 Å². The molecule has 0 aromatic heterocycles. The maximum atomic E-state index is 11.7. The fourth-order valence-corrected chi connectivity index (χ4v) is 4.43. The topological polar surface area (TPSA) is 278 Å². The van der Waals surface area contributed by atoms with Gasteiger partial charge in [0.15, 0.2) is 18.9 Å². The van der Waals surface area contributed by atoms with E-state index < -0.39 is 118 Å². The summed E-state index contributed by atoms with van der Waals surface area (Å²) in [5.41, 5.74) is 0. The maximum Gasteiger partial charge on any atom is 0.217 e. The third kappa shape index (κ3) is 6.38. The zero-order valence-electron chi connectivity index (χ0n) is 19.7. The van der Waals surface area contributed by atoms with Gasteiger partial charge in [-0.3, -0.25) is 4.79 Å². The van der Waals surface area contributed by atoms with Crippen molar-refractivity contribution in [1.29, 1.82) is 0 Å². The van der Waals surface area contributed by atoms with Crippen molar-refractivity contribution in [2.45, 2.75) is 99.0 Å². The molecule has 216 valence electrons. The van der Waals surface area contributed by atoms with Crippen LogP contribution in [0, 0.1) is 0 Å². The number of carbonyl (C=O) groups excluding carboxylic acids is 1. The van der Waals surface area contributed by atoms with Crippen molar-refractivity contribution in [1.82, 2.24) is 5.32 Å². The zero-order valence-corrected chi connectivity index (χ0v) is 19.7. The minimum Gasteiger partial charge on any atom is -0.394 e. The third-order valence-electron chi connectivity index (χ3n) is 6.50. The minimum atomic E-state index is -1.91. The van der Waals surface area contributed by atoms with Gasteiger partial charge in [-0.25, -0.2) is 0 Å². The van der Waals surface area contributed by atoms with Crippen LogP contribution in [0.4, 0.5) is 0 Å². The second kappa shape index (κ2) is 12.8. The first-order valence-corrected chi connectivity index (χ1v) is 11.6. The van der Waals surface area contributed by atoms with E-state index in [9.17, 15) is 55.9 Å². The van der Waals surface area contributed by atoms with Crippen LogP contribution in [0.3, 0.4) is 0 Å². The average molecular weight is 545 g/mol. The van der Waals surface area contributed by atoms with E-state index in [1.54, 1.807) is 0 Å². The fourth-order valence-electron chi connectivity index (χ4n) is 4.43. The molecule has 3 rings (SSSR count). The van der Waals surface area contributed by atoms with Crippen LogP contribution in [0.5, 0.6) is 0 Å². The van der Waals surface area contributed by atoms with Crippen LogP contribution in [0.1, 0.15) is 6.92 Å². The highest BCUT2D eigenvalue weighted by Gasteiger charge is 2.54. The highest BCUT2D eigenvalue weighted by molar-refractivity contribution is 5.73. The maximum absolute atomic E-state index is 11.7. The highest BCUT2D eigenvalue weighted by Crippen LogP contribution is 2.32. The van der Waals surface area contributed by atoms with Gasteiger partial charge in [0.25, 0.3) is 0 Å². The van der Waals surface area contributed by atoms with E-state index in [1.165, 1.54) is 0 Å². The van der Waals surface area contributed by atoms with E-state index in [2.05, 4.69) is 5.32 Å². The Labute approximate surface area is 210 Å². The predicted molar refractivity (Wildman–Crippen MR) is 113 cm³/mol. The van der Waals surface area contributed by atoms with Crippen molar-refractivity contribution in [3.05, 3.63) is 0 Å². The van der Waals surface area contributed by atoms with E-state index >= 15 is 0 Å². The Bertz CT molecular complexity index is 747. The number of ether oxygens (including phenoxy) is 5. The van der Waals surface area contributed by atoms with E-state index in [-0.39, 0.29) is 0 Å². The number of hydrogen-bond donors (Lipinski definition) is 11. The molecular weight excluding hydrogens is 510 g/mol. The van der Waals surface area contributed by atoms with Gasteiger partial charge in [-0.2, -0.15) is 0 Å². The summed E-state index contributed by atoms with van der Waals surface area (Å²) in [5, 5.41) is 103. The van der Waals surface area contributed by atoms with Crippen LogP contribution in [-0.4, -0.2) is 169 Å². The predicted octanol–water partition coefficient (Wildman–Crippen LogP) is -7.43. The van der Waals surface area contributed by atoms with Crippen LogP contribution >= 0.6 is 0 Å². The second-order valence-corrected chi connectivity index (χ2v) is 9.07. The lowest BCUT2D eigenvalue weighted by Gasteiger charge is -2.48. The van der Waals surface area contributed by atoms with Crippen molar-refractivity contribution in [2.75, 3.05) is 19.8 Å². The molecule has 0 aliphatic carbocycles. The molecular formula is C20H35NO16. The molecule has 17 heteroatoms. The van der Waals surface area contributed by atoms with Crippen LogP contribution in [-0.2, 0) is 28.5 Å². The van der Waals surface area contributed by atoms with Crippen LogP contribution < -0.4 is 5.32 Å². The van der Waals surface area contributed by atoms with Crippen LogP contribution in [0.25, 0.3) is 0 Å². The summed E-state index contributed by atoms with van der Waals surface area (Å²) in [5.74, 6) is -0.664. The smallest absolute Gasteiger partial charge is 0.217 e. The van der Waals surface area contributed by atoms with Crippen molar-refractivity contribution in [2.24, 2.45) is 0 Å². The van der Waals surface area contributed by atoms with E-state index in [0.29, 0.717) is 0 Å². The Hall–Kier alpha value is -1.13. The van der Waals surface area contributed by atoms with Crippen LogP contribution in [0.15, 0.2) is 0 Å². The molecule has 3 fully saturated rings. The molecule has 1 amide bonds. The summed E-state index contributed by atoms with van der Waals surface area (Å²) >= 11 is 0. The second-order valence-electron chi connectivity index (χ2n) is 9.07. The largest absolute Gasteiger partial charge is 0.394 e. The van der Waals surface area contributed by atoms with Gasteiger partial charge in [-0.05, 0) is 0 Å². The summed E-state index contributed by atoms with van der Waals surface area (Å²) in [4.78, 5) is 11.7. The molecule has 3 heterocycles. The van der Waals surface area contributed by atoms with Gasteiger partial charge in [0, 0.05) is 6.92 Å². The number of nitrogens with one attached hydrogen (secondary N) is 1. The van der Waals surface area contributed by atoms with Gasteiger partial charge in [0.2, 0.25) is 5.91 Å². The van der Waals surface area contributed by atoms with Gasteiger partial charge in [-0.1, -0.05) is 0 Å². The molecule has 0 bridgehead atoms. The Morgan fingerprint density at radius 2 is 1.08 bits per heavy atom.